The van der Waals surface area contributed by atoms with Gasteiger partial charge in [-0.05, 0) is 56.3 Å². The van der Waals surface area contributed by atoms with Crippen molar-refractivity contribution in [1.82, 2.24) is 0 Å². The number of carbonyl (C=O) groups is 1. The van der Waals surface area contributed by atoms with Gasteiger partial charge in [0.1, 0.15) is 6.10 Å². The number of unbranched alkanes of at least 4 members (excludes halogenated alkanes) is 2. The molecule has 1 aliphatic carbocycles. The van der Waals surface area contributed by atoms with Crippen LogP contribution in [0.4, 0.5) is 0 Å². The summed E-state index contributed by atoms with van der Waals surface area (Å²) in [4.78, 5) is 11.1. The van der Waals surface area contributed by atoms with E-state index < -0.39 is 5.60 Å². The van der Waals surface area contributed by atoms with Crippen LogP contribution in [0.1, 0.15) is 91.4 Å². The first-order valence-corrected chi connectivity index (χ1v) is 9.25. The summed E-state index contributed by atoms with van der Waals surface area (Å²) < 4.78 is 5.24. The van der Waals surface area contributed by atoms with Crippen LogP contribution >= 0.6 is 0 Å². The Hall–Kier alpha value is -0.570. The number of aliphatic hydroxyl groups is 1. The van der Waals surface area contributed by atoms with Crippen LogP contribution < -0.4 is 0 Å². The summed E-state index contributed by atoms with van der Waals surface area (Å²) in [5, 5.41) is 10.9. The van der Waals surface area contributed by atoms with Gasteiger partial charge in [0.25, 0.3) is 0 Å². The van der Waals surface area contributed by atoms with Crippen LogP contribution in [0.3, 0.4) is 0 Å². The van der Waals surface area contributed by atoms with Crippen molar-refractivity contribution in [2.45, 2.75) is 103 Å². The molecule has 0 radical (unpaired) electrons. The normalized spacial score (nSPS) is 35.9. The molecule has 3 atom stereocenters. The SMILES string of the molecule is CC(C)C1(C)CCCC(O)(CCCCCC2CCC(=O)O2)C1. The van der Waals surface area contributed by atoms with Crippen molar-refractivity contribution in [3.05, 3.63) is 0 Å². The van der Waals surface area contributed by atoms with Crippen LogP contribution in [-0.2, 0) is 9.53 Å². The first-order valence-electron chi connectivity index (χ1n) is 9.25. The van der Waals surface area contributed by atoms with Crippen LogP contribution in [0, 0.1) is 11.3 Å². The molecule has 0 spiro atoms. The standard InChI is InChI=1S/C19H34O3/c1-15(2)18(3)11-7-13-19(21,14-18)12-6-4-5-8-16-9-10-17(20)22-16/h15-16,21H,4-14H2,1-3H3. The minimum atomic E-state index is -0.447. The van der Waals surface area contributed by atoms with E-state index in [1.165, 1.54) is 6.42 Å². The molecule has 128 valence electrons. The molecule has 2 rings (SSSR count). The fourth-order valence-electron chi connectivity index (χ4n) is 4.24. The van der Waals surface area contributed by atoms with E-state index in [1.807, 2.05) is 0 Å². The molecular formula is C19H34O3. The van der Waals surface area contributed by atoms with Crippen molar-refractivity contribution < 1.29 is 14.6 Å². The van der Waals surface area contributed by atoms with E-state index in [2.05, 4.69) is 20.8 Å². The van der Waals surface area contributed by atoms with Crippen molar-refractivity contribution in [2.24, 2.45) is 11.3 Å². The van der Waals surface area contributed by atoms with Crippen molar-refractivity contribution in [2.75, 3.05) is 0 Å². The topological polar surface area (TPSA) is 46.5 Å². The third-order valence-electron chi connectivity index (χ3n) is 6.15. The van der Waals surface area contributed by atoms with Crippen molar-refractivity contribution in [1.29, 1.82) is 0 Å². The van der Waals surface area contributed by atoms with E-state index in [-0.39, 0.29) is 12.1 Å². The van der Waals surface area contributed by atoms with Crippen LogP contribution in [0.25, 0.3) is 0 Å². The summed E-state index contributed by atoms with van der Waals surface area (Å²) in [5.41, 5.74) is -0.151. The molecule has 0 amide bonds. The Labute approximate surface area is 135 Å². The maximum Gasteiger partial charge on any atom is 0.306 e. The van der Waals surface area contributed by atoms with Gasteiger partial charge in [0.05, 0.1) is 5.60 Å². The molecule has 1 aliphatic heterocycles. The van der Waals surface area contributed by atoms with Gasteiger partial charge in [-0.15, -0.1) is 0 Å². The molecule has 0 aromatic rings. The van der Waals surface area contributed by atoms with Gasteiger partial charge in [-0.2, -0.15) is 0 Å². The van der Waals surface area contributed by atoms with Gasteiger partial charge in [0, 0.05) is 6.42 Å². The molecule has 1 saturated carbocycles. The predicted molar refractivity (Wildman–Crippen MR) is 88.6 cm³/mol. The van der Waals surface area contributed by atoms with Crippen molar-refractivity contribution >= 4 is 5.97 Å². The minimum absolute atomic E-state index is 0.0329. The molecule has 22 heavy (non-hydrogen) atoms. The molecule has 3 heteroatoms. The van der Waals surface area contributed by atoms with Crippen LogP contribution in [0.5, 0.6) is 0 Å². The lowest BCUT2D eigenvalue weighted by molar-refractivity contribution is -0.141. The summed E-state index contributed by atoms with van der Waals surface area (Å²) in [6, 6.07) is 0. The van der Waals surface area contributed by atoms with E-state index in [0.717, 1.165) is 57.8 Å². The molecule has 0 bridgehead atoms. The number of ether oxygens (including phenoxy) is 1. The second kappa shape index (κ2) is 7.33. The molecule has 3 unspecified atom stereocenters. The van der Waals surface area contributed by atoms with E-state index >= 15 is 0 Å². The summed E-state index contributed by atoms with van der Waals surface area (Å²) in [7, 11) is 0. The van der Waals surface area contributed by atoms with E-state index in [4.69, 9.17) is 4.74 Å². The fourth-order valence-corrected chi connectivity index (χ4v) is 4.24. The fraction of sp³-hybridized carbons (Fsp3) is 0.947. The van der Waals surface area contributed by atoms with E-state index in [1.54, 1.807) is 0 Å². The average Bonchev–Trinajstić information content (AvgIpc) is 2.83. The third-order valence-corrected chi connectivity index (χ3v) is 6.15. The number of carbonyl (C=O) groups excluding carboxylic acids is 1. The van der Waals surface area contributed by atoms with Gasteiger partial charge in [-0.3, -0.25) is 4.79 Å². The van der Waals surface area contributed by atoms with Crippen LogP contribution in [0.2, 0.25) is 0 Å². The highest BCUT2D eigenvalue weighted by molar-refractivity contribution is 5.71. The summed E-state index contributed by atoms with van der Waals surface area (Å²) in [6.45, 7) is 6.92. The number of esters is 1. The zero-order valence-corrected chi connectivity index (χ0v) is 14.7. The molecule has 3 nitrogen and oxygen atoms in total. The summed E-state index contributed by atoms with van der Waals surface area (Å²) in [5.74, 6) is 0.603. The van der Waals surface area contributed by atoms with E-state index in [0.29, 0.717) is 17.8 Å². The van der Waals surface area contributed by atoms with Gasteiger partial charge in [0.15, 0.2) is 0 Å². The molecule has 0 aromatic carbocycles. The minimum Gasteiger partial charge on any atom is -0.462 e. The Morgan fingerprint density at radius 2 is 2.05 bits per heavy atom. The molecule has 0 aromatic heterocycles. The first kappa shape index (κ1) is 17.8. The van der Waals surface area contributed by atoms with Crippen LogP contribution in [-0.4, -0.2) is 22.8 Å². The average molecular weight is 310 g/mol. The summed E-state index contributed by atoms with van der Waals surface area (Å²) >= 11 is 0. The number of cyclic esters (lactones) is 1. The predicted octanol–water partition coefficient (Wildman–Crippen LogP) is 4.61. The summed E-state index contributed by atoms with van der Waals surface area (Å²) in [6.07, 6.45) is 11.2. The molecule has 1 heterocycles. The quantitative estimate of drug-likeness (QED) is 0.552. The highest BCUT2D eigenvalue weighted by Gasteiger charge is 2.42. The lowest BCUT2D eigenvalue weighted by atomic mass is 9.62. The Bertz CT molecular complexity index is 379. The second-order valence-corrected chi connectivity index (χ2v) is 8.31. The zero-order valence-electron chi connectivity index (χ0n) is 14.7. The number of hydrogen-bond donors (Lipinski definition) is 1. The lowest BCUT2D eigenvalue weighted by Crippen LogP contribution is -2.42. The Balaban J connectivity index is 1.66. The monoisotopic (exact) mass is 310 g/mol. The van der Waals surface area contributed by atoms with Gasteiger partial charge in [0.2, 0.25) is 0 Å². The molecule has 1 N–H and O–H groups in total. The Morgan fingerprint density at radius 1 is 1.27 bits per heavy atom. The smallest absolute Gasteiger partial charge is 0.306 e. The maximum absolute atomic E-state index is 11.1. The Kier molecular flexibility index (Phi) is 5.93. The molecule has 2 fully saturated rings. The molecular weight excluding hydrogens is 276 g/mol. The third kappa shape index (κ3) is 4.71. The lowest BCUT2D eigenvalue weighted by Gasteiger charge is -2.46. The van der Waals surface area contributed by atoms with E-state index in [9.17, 15) is 9.90 Å². The highest BCUT2D eigenvalue weighted by atomic mass is 16.5. The van der Waals surface area contributed by atoms with Gasteiger partial charge < -0.3 is 9.84 Å². The largest absolute Gasteiger partial charge is 0.462 e. The number of hydrogen-bond acceptors (Lipinski definition) is 3. The second-order valence-electron chi connectivity index (χ2n) is 8.31. The van der Waals surface area contributed by atoms with Gasteiger partial charge >= 0.3 is 5.97 Å². The Morgan fingerprint density at radius 3 is 2.68 bits per heavy atom. The van der Waals surface area contributed by atoms with Gasteiger partial charge in [-0.1, -0.05) is 40.0 Å². The van der Waals surface area contributed by atoms with Crippen molar-refractivity contribution in [3.63, 3.8) is 0 Å². The maximum atomic E-state index is 11.1. The highest BCUT2D eigenvalue weighted by Crippen LogP contribution is 2.47. The van der Waals surface area contributed by atoms with Crippen LogP contribution in [0.15, 0.2) is 0 Å². The first-order chi connectivity index (χ1) is 10.3. The molecule has 1 saturated heterocycles. The zero-order chi connectivity index (χ0) is 16.2. The molecule has 2 aliphatic rings. The van der Waals surface area contributed by atoms with Crippen molar-refractivity contribution in [3.8, 4) is 0 Å². The number of rotatable bonds is 7. The van der Waals surface area contributed by atoms with Gasteiger partial charge in [-0.25, -0.2) is 0 Å².